The number of carbonyl (C=O) groups is 1. The fourth-order valence-corrected chi connectivity index (χ4v) is 2.32. The van der Waals surface area contributed by atoms with Crippen molar-refractivity contribution in [2.75, 3.05) is 7.11 Å². The average molecular weight is 317 g/mol. The summed E-state index contributed by atoms with van der Waals surface area (Å²) >= 11 is 4.07. The molecule has 0 bridgehead atoms. The number of ether oxygens (including phenoxy) is 1. The summed E-state index contributed by atoms with van der Waals surface area (Å²) in [6, 6.07) is 3.34. The molecule has 3 nitrogen and oxygen atoms in total. The highest BCUT2D eigenvalue weighted by atomic mass is 32.1. The van der Waals surface area contributed by atoms with E-state index in [0.29, 0.717) is 18.4 Å². The van der Waals surface area contributed by atoms with Crippen LogP contribution in [0.15, 0.2) is 18.2 Å². The molecule has 1 N–H and O–H groups in total. The molecular formula is C15H21F2NO2S. The number of nitrogens with one attached hydrogen (secondary N) is 1. The summed E-state index contributed by atoms with van der Waals surface area (Å²) in [5.41, 5.74) is -1.01. The van der Waals surface area contributed by atoms with E-state index < -0.39 is 22.6 Å². The monoisotopic (exact) mass is 317 g/mol. The molecule has 118 valence electrons. The van der Waals surface area contributed by atoms with Crippen LogP contribution in [0.25, 0.3) is 0 Å². The van der Waals surface area contributed by atoms with Crippen molar-refractivity contribution in [2.24, 2.45) is 5.41 Å². The molecule has 1 atom stereocenters. The Morgan fingerprint density at radius 3 is 2.14 bits per heavy atom. The van der Waals surface area contributed by atoms with Crippen LogP contribution in [0.1, 0.15) is 39.2 Å². The molecule has 0 aliphatic rings. The number of thiol groups is 1. The second-order valence-corrected chi connectivity index (χ2v) is 6.20. The van der Waals surface area contributed by atoms with Crippen molar-refractivity contribution < 1.29 is 18.3 Å². The van der Waals surface area contributed by atoms with E-state index in [1.807, 2.05) is 0 Å². The molecule has 0 aliphatic heterocycles. The molecule has 6 heteroatoms. The minimum atomic E-state index is -0.767. The molecule has 0 saturated carbocycles. The van der Waals surface area contributed by atoms with Crippen LogP contribution in [0.2, 0.25) is 0 Å². The predicted octanol–water partition coefficient (Wildman–Crippen LogP) is 3.59. The fourth-order valence-electron chi connectivity index (χ4n) is 2.08. The Morgan fingerprint density at radius 1 is 1.19 bits per heavy atom. The van der Waals surface area contributed by atoms with Gasteiger partial charge in [-0.25, -0.2) is 8.78 Å². The van der Waals surface area contributed by atoms with Crippen LogP contribution in [-0.2, 0) is 15.1 Å². The third-order valence-corrected chi connectivity index (χ3v) is 4.23. The topological polar surface area (TPSA) is 38.3 Å². The molecule has 1 rings (SSSR count). The highest BCUT2D eigenvalue weighted by molar-refractivity contribution is 7.78. The Morgan fingerprint density at radius 2 is 1.71 bits per heavy atom. The molecule has 0 amide bonds. The molecule has 0 saturated heterocycles. The average Bonchev–Trinajstić information content (AvgIpc) is 2.42. The van der Waals surface area contributed by atoms with Gasteiger partial charge in [-0.05, 0) is 51.3 Å². The summed E-state index contributed by atoms with van der Waals surface area (Å²) in [4.78, 5) is 11.7. The van der Waals surface area contributed by atoms with Crippen LogP contribution in [0.3, 0.4) is 0 Å². The standard InChI is InChI=1S/C15H21F2NO2S/c1-14(2,13(19)20-4)5-6-15(3,18-21)10-7-11(16)9-12(17)8-10/h7-9,18,21H,5-6H2,1-4H3. The number of benzene rings is 1. The second-order valence-electron chi connectivity index (χ2n) is 5.98. The van der Waals surface area contributed by atoms with Gasteiger partial charge in [0.2, 0.25) is 0 Å². The lowest BCUT2D eigenvalue weighted by Gasteiger charge is -2.32. The van der Waals surface area contributed by atoms with Gasteiger partial charge in [-0.2, -0.15) is 0 Å². The maximum atomic E-state index is 13.4. The second kappa shape index (κ2) is 6.75. The summed E-state index contributed by atoms with van der Waals surface area (Å²) in [5.74, 6) is -1.62. The smallest absolute Gasteiger partial charge is 0.311 e. The third-order valence-electron chi connectivity index (χ3n) is 3.73. The van der Waals surface area contributed by atoms with E-state index in [1.165, 1.54) is 19.2 Å². The number of methoxy groups -OCH3 is 1. The van der Waals surface area contributed by atoms with E-state index in [1.54, 1.807) is 20.8 Å². The zero-order valence-electron chi connectivity index (χ0n) is 12.7. The minimum absolute atomic E-state index is 0.325. The van der Waals surface area contributed by atoms with Crippen LogP contribution in [0, 0.1) is 17.0 Å². The number of rotatable bonds is 6. The molecule has 0 fully saturated rings. The lowest BCUT2D eigenvalue weighted by Crippen LogP contribution is -2.37. The number of halogens is 2. The normalized spacial score (nSPS) is 14.6. The van der Waals surface area contributed by atoms with Crippen molar-refractivity contribution in [1.29, 1.82) is 0 Å². The largest absolute Gasteiger partial charge is 0.469 e. The van der Waals surface area contributed by atoms with Crippen molar-refractivity contribution in [2.45, 2.75) is 39.2 Å². The summed E-state index contributed by atoms with van der Waals surface area (Å²) in [6.45, 7) is 5.31. The Hall–Kier alpha value is -1.14. The molecule has 1 unspecified atom stereocenters. The van der Waals surface area contributed by atoms with Crippen molar-refractivity contribution in [3.05, 3.63) is 35.4 Å². The Labute approximate surface area is 129 Å². The van der Waals surface area contributed by atoms with Crippen LogP contribution in [-0.4, -0.2) is 13.1 Å². The van der Waals surface area contributed by atoms with E-state index >= 15 is 0 Å². The first-order chi connectivity index (χ1) is 9.64. The zero-order chi connectivity index (χ0) is 16.3. The van der Waals surface area contributed by atoms with Crippen molar-refractivity contribution >= 4 is 18.8 Å². The molecule has 0 heterocycles. The number of hydrogen-bond acceptors (Lipinski definition) is 4. The highest BCUT2D eigenvalue weighted by Crippen LogP contribution is 2.34. The number of carbonyl (C=O) groups excluding carboxylic acids is 1. The van der Waals surface area contributed by atoms with Gasteiger partial charge in [0.25, 0.3) is 0 Å². The molecular weight excluding hydrogens is 296 g/mol. The van der Waals surface area contributed by atoms with E-state index in [4.69, 9.17) is 4.74 Å². The van der Waals surface area contributed by atoms with Crippen LogP contribution < -0.4 is 4.72 Å². The fraction of sp³-hybridized carbons (Fsp3) is 0.533. The van der Waals surface area contributed by atoms with Gasteiger partial charge in [0.1, 0.15) is 11.6 Å². The highest BCUT2D eigenvalue weighted by Gasteiger charge is 2.34. The van der Waals surface area contributed by atoms with Crippen molar-refractivity contribution in [3.63, 3.8) is 0 Å². The van der Waals surface area contributed by atoms with Gasteiger partial charge in [0.05, 0.1) is 18.1 Å². The molecule has 0 radical (unpaired) electrons. The van der Waals surface area contributed by atoms with Gasteiger partial charge < -0.3 is 4.74 Å². The van der Waals surface area contributed by atoms with Gasteiger partial charge >= 0.3 is 5.97 Å². The first-order valence-electron chi connectivity index (χ1n) is 6.61. The first kappa shape index (κ1) is 17.9. The summed E-state index contributed by atoms with van der Waals surface area (Å²) in [5, 5.41) is 0. The molecule has 0 aliphatic carbocycles. The van der Waals surface area contributed by atoms with Crippen LogP contribution in [0.4, 0.5) is 8.78 Å². The van der Waals surface area contributed by atoms with Crippen LogP contribution in [0.5, 0.6) is 0 Å². The van der Waals surface area contributed by atoms with Gasteiger partial charge in [-0.1, -0.05) is 12.8 Å². The zero-order valence-corrected chi connectivity index (χ0v) is 13.6. The molecule has 0 aromatic heterocycles. The lowest BCUT2D eigenvalue weighted by atomic mass is 9.80. The number of hydrogen-bond donors (Lipinski definition) is 2. The van der Waals surface area contributed by atoms with E-state index in [0.717, 1.165) is 6.07 Å². The summed E-state index contributed by atoms with van der Waals surface area (Å²) in [6.07, 6.45) is 0.934. The minimum Gasteiger partial charge on any atom is -0.469 e. The summed E-state index contributed by atoms with van der Waals surface area (Å²) in [7, 11) is 1.34. The summed E-state index contributed by atoms with van der Waals surface area (Å²) < 4.78 is 34.3. The Bertz CT molecular complexity index is 502. The van der Waals surface area contributed by atoms with E-state index in [9.17, 15) is 13.6 Å². The van der Waals surface area contributed by atoms with Crippen LogP contribution >= 0.6 is 12.8 Å². The number of esters is 1. The SMILES string of the molecule is COC(=O)C(C)(C)CCC(C)(NS)c1cc(F)cc(F)c1. The lowest BCUT2D eigenvalue weighted by molar-refractivity contribution is -0.151. The van der Waals surface area contributed by atoms with Gasteiger partial charge in [0, 0.05) is 6.07 Å². The third kappa shape index (κ3) is 4.41. The van der Waals surface area contributed by atoms with Crippen molar-refractivity contribution in [1.82, 2.24) is 4.72 Å². The quantitative estimate of drug-likeness (QED) is 0.622. The molecule has 21 heavy (non-hydrogen) atoms. The predicted molar refractivity (Wildman–Crippen MR) is 80.9 cm³/mol. The Balaban J connectivity index is 2.97. The Kier molecular flexibility index (Phi) is 5.75. The maximum Gasteiger partial charge on any atom is 0.311 e. The molecule has 0 spiro atoms. The maximum absolute atomic E-state index is 13.4. The molecule has 1 aromatic carbocycles. The van der Waals surface area contributed by atoms with E-state index in [2.05, 4.69) is 17.5 Å². The van der Waals surface area contributed by atoms with Gasteiger partial charge in [-0.3, -0.25) is 9.52 Å². The van der Waals surface area contributed by atoms with Gasteiger partial charge in [-0.15, -0.1) is 0 Å². The first-order valence-corrected chi connectivity index (χ1v) is 7.05. The van der Waals surface area contributed by atoms with Crippen molar-refractivity contribution in [3.8, 4) is 0 Å². The van der Waals surface area contributed by atoms with Gasteiger partial charge in [0.15, 0.2) is 0 Å². The van der Waals surface area contributed by atoms with E-state index in [-0.39, 0.29) is 5.97 Å². The molecule has 1 aromatic rings.